The zero-order valence-corrected chi connectivity index (χ0v) is 10.5. The highest BCUT2D eigenvalue weighted by atomic mass is 33.1. The molecule has 1 N–H and O–H groups in total. The Morgan fingerprint density at radius 1 is 1.41 bits per heavy atom. The van der Waals surface area contributed by atoms with Gasteiger partial charge >= 0.3 is 9.15 Å². The number of carbonyl (C=O) groups excluding carboxylic acids is 1. The van der Waals surface area contributed by atoms with Gasteiger partial charge in [-0.25, -0.2) is 0 Å². The van der Waals surface area contributed by atoms with Crippen LogP contribution in [0.15, 0.2) is 24.3 Å². The fraction of sp³-hybridized carbons (Fsp3) is 0.300. The van der Waals surface area contributed by atoms with E-state index in [2.05, 4.69) is 0 Å². The molecule has 1 aromatic carbocycles. The van der Waals surface area contributed by atoms with Gasteiger partial charge in [0.2, 0.25) is 5.91 Å². The van der Waals surface area contributed by atoms with Gasteiger partial charge in [0.1, 0.15) is 0 Å². The van der Waals surface area contributed by atoms with E-state index >= 15 is 0 Å². The Hall–Kier alpha value is -1.05. The van der Waals surface area contributed by atoms with Gasteiger partial charge in [-0.2, -0.15) is 8.42 Å². The quantitative estimate of drug-likeness (QED) is 0.659. The smallest absolute Gasteiger partial charge is 0.311 e. The van der Waals surface area contributed by atoms with Crippen LogP contribution in [0.25, 0.3) is 0 Å². The lowest BCUT2D eigenvalue weighted by molar-refractivity contribution is -0.116. The van der Waals surface area contributed by atoms with Crippen molar-refractivity contribution in [3.05, 3.63) is 29.8 Å². The number of amides is 1. The number of rotatable bonds is 3. The van der Waals surface area contributed by atoms with Gasteiger partial charge in [0.15, 0.2) is 0 Å². The van der Waals surface area contributed by atoms with E-state index in [1.165, 1.54) is 0 Å². The van der Waals surface area contributed by atoms with E-state index < -0.39 is 9.15 Å². The van der Waals surface area contributed by atoms with Crippen LogP contribution in [0.3, 0.4) is 0 Å². The van der Waals surface area contributed by atoms with E-state index in [4.69, 9.17) is 4.55 Å². The number of hydrogen-bond donors (Lipinski definition) is 1. The number of fused-ring (bicyclic) bond motifs is 1. The predicted molar refractivity (Wildman–Crippen MR) is 66.5 cm³/mol. The van der Waals surface area contributed by atoms with Gasteiger partial charge in [-0.15, -0.1) is 0 Å². The Morgan fingerprint density at radius 3 is 2.82 bits per heavy atom. The molecule has 1 aliphatic heterocycles. The number of anilines is 1. The van der Waals surface area contributed by atoms with Gasteiger partial charge in [-0.05, 0) is 18.1 Å². The molecule has 0 saturated heterocycles. The van der Waals surface area contributed by atoms with Crippen LogP contribution in [0.1, 0.15) is 5.56 Å². The van der Waals surface area contributed by atoms with Crippen LogP contribution < -0.4 is 4.90 Å². The second-order valence-corrected chi connectivity index (χ2v) is 6.96. The molecule has 0 spiro atoms. The van der Waals surface area contributed by atoms with Crippen LogP contribution in [0, 0.1) is 0 Å². The second kappa shape index (κ2) is 4.67. The minimum atomic E-state index is -4.16. The van der Waals surface area contributed by atoms with Crippen molar-refractivity contribution >= 4 is 31.5 Å². The lowest BCUT2D eigenvalue weighted by Gasteiger charge is -2.16. The van der Waals surface area contributed by atoms with E-state index in [1.54, 1.807) is 4.90 Å². The average molecular weight is 273 g/mol. The van der Waals surface area contributed by atoms with Crippen LogP contribution in [0.5, 0.6) is 0 Å². The SMILES string of the molecule is O=C(CSS(=O)(=O)O)N1CCc2ccccc21. The Kier molecular flexibility index (Phi) is 3.41. The van der Waals surface area contributed by atoms with Crippen molar-refractivity contribution in [2.75, 3.05) is 17.2 Å². The summed E-state index contributed by atoms with van der Waals surface area (Å²) in [5, 5.41) is 0. The van der Waals surface area contributed by atoms with E-state index in [0.29, 0.717) is 6.54 Å². The zero-order valence-electron chi connectivity index (χ0n) is 8.87. The average Bonchev–Trinajstić information content (AvgIpc) is 2.68. The molecule has 0 saturated carbocycles. The molecule has 17 heavy (non-hydrogen) atoms. The summed E-state index contributed by atoms with van der Waals surface area (Å²) >= 11 is 0. The van der Waals surface area contributed by atoms with Gasteiger partial charge in [0, 0.05) is 23.0 Å². The molecule has 92 valence electrons. The molecule has 2 rings (SSSR count). The van der Waals surface area contributed by atoms with Gasteiger partial charge in [-0.1, -0.05) is 18.2 Å². The molecular formula is C10H11NO4S2. The molecule has 0 aromatic heterocycles. The third-order valence-corrected chi connectivity index (χ3v) is 4.43. The molecule has 1 heterocycles. The van der Waals surface area contributed by atoms with Crippen molar-refractivity contribution in [1.29, 1.82) is 0 Å². The molecule has 5 nitrogen and oxygen atoms in total. The molecule has 1 amide bonds. The molecule has 0 bridgehead atoms. The fourth-order valence-electron chi connectivity index (χ4n) is 1.80. The number of para-hydroxylation sites is 1. The summed E-state index contributed by atoms with van der Waals surface area (Å²) in [5.41, 5.74) is 1.91. The first kappa shape index (κ1) is 12.4. The van der Waals surface area contributed by atoms with Crippen molar-refractivity contribution in [1.82, 2.24) is 0 Å². The van der Waals surface area contributed by atoms with E-state index in [0.717, 1.165) is 17.7 Å². The second-order valence-electron chi connectivity index (χ2n) is 3.61. The summed E-state index contributed by atoms with van der Waals surface area (Å²) in [6.45, 7) is 0.560. The normalized spacial score (nSPS) is 14.8. The van der Waals surface area contributed by atoms with Crippen LogP contribution in [0.2, 0.25) is 0 Å². The number of benzene rings is 1. The van der Waals surface area contributed by atoms with E-state index in [1.807, 2.05) is 24.3 Å². The maximum absolute atomic E-state index is 11.8. The Bertz CT molecular complexity index is 541. The standard InChI is InChI=1S/C10H11NO4S2/c12-10(7-16-17(13,14)15)11-6-5-8-3-1-2-4-9(8)11/h1-4H,5-7H2,(H,13,14,15). The van der Waals surface area contributed by atoms with Crippen molar-refractivity contribution in [3.63, 3.8) is 0 Å². The Labute approximate surface area is 103 Å². The summed E-state index contributed by atoms with van der Waals surface area (Å²) in [7, 11) is -3.92. The van der Waals surface area contributed by atoms with Gasteiger partial charge in [-0.3, -0.25) is 9.35 Å². The van der Waals surface area contributed by atoms with Gasteiger partial charge < -0.3 is 4.90 Å². The highest BCUT2D eigenvalue weighted by Crippen LogP contribution is 2.28. The first-order chi connectivity index (χ1) is 7.97. The van der Waals surface area contributed by atoms with Crippen molar-refractivity contribution in [2.45, 2.75) is 6.42 Å². The van der Waals surface area contributed by atoms with Crippen LogP contribution in [0.4, 0.5) is 5.69 Å². The summed E-state index contributed by atoms with van der Waals surface area (Å²) in [5.74, 6) is -0.578. The molecule has 0 unspecified atom stereocenters. The fourth-order valence-corrected chi connectivity index (χ4v) is 2.95. The molecule has 1 aliphatic rings. The molecule has 7 heteroatoms. The number of nitrogens with zero attached hydrogens (tertiary/aromatic N) is 1. The van der Waals surface area contributed by atoms with Crippen molar-refractivity contribution < 1.29 is 17.8 Å². The van der Waals surface area contributed by atoms with Gasteiger partial charge in [0.25, 0.3) is 0 Å². The molecule has 0 atom stereocenters. The molecule has 0 aliphatic carbocycles. The summed E-state index contributed by atoms with van der Waals surface area (Å²) in [6.07, 6.45) is 0.776. The van der Waals surface area contributed by atoms with Crippen molar-refractivity contribution in [2.24, 2.45) is 0 Å². The summed E-state index contributed by atoms with van der Waals surface area (Å²) in [4.78, 5) is 13.3. The lowest BCUT2D eigenvalue weighted by atomic mass is 10.2. The third-order valence-electron chi connectivity index (χ3n) is 2.52. The highest BCUT2D eigenvalue weighted by molar-refractivity contribution is 8.70. The maximum atomic E-state index is 11.8. The minimum Gasteiger partial charge on any atom is -0.311 e. The molecule has 0 radical (unpaired) electrons. The highest BCUT2D eigenvalue weighted by Gasteiger charge is 2.25. The molecule has 1 aromatic rings. The summed E-state index contributed by atoms with van der Waals surface area (Å²) in [6, 6.07) is 7.51. The topological polar surface area (TPSA) is 74.7 Å². The van der Waals surface area contributed by atoms with Crippen LogP contribution in [-0.4, -0.2) is 31.2 Å². The maximum Gasteiger partial charge on any atom is 0.320 e. The first-order valence-electron chi connectivity index (χ1n) is 4.97. The lowest BCUT2D eigenvalue weighted by Crippen LogP contribution is -2.30. The molecular weight excluding hydrogens is 262 g/mol. The van der Waals surface area contributed by atoms with Crippen molar-refractivity contribution in [3.8, 4) is 0 Å². The monoisotopic (exact) mass is 273 g/mol. The Balaban J connectivity index is 2.08. The summed E-state index contributed by atoms with van der Waals surface area (Å²) < 4.78 is 29.7. The largest absolute Gasteiger partial charge is 0.320 e. The van der Waals surface area contributed by atoms with Gasteiger partial charge in [0.05, 0.1) is 5.75 Å². The van der Waals surface area contributed by atoms with Crippen LogP contribution >= 0.6 is 10.8 Å². The zero-order chi connectivity index (χ0) is 12.5. The predicted octanol–water partition coefficient (Wildman–Crippen LogP) is 1.11. The third kappa shape index (κ3) is 2.99. The Morgan fingerprint density at radius 2 is 2.12 bits per heavy atom. The first-order valence-corrected chi connectivity index (χ1v) is 7.92. The van der Waals surface area contributed by atoms with E-state index in [-0.39, 0.29) is 22.5 Å². The molecule has 0 fully saturated rings. The minimum absolute atomic E-state index is 0.240. The number of carbonyl (C=O) groups is 1. The van der Waals surface area contributed by atoms with E-state index in [9.17, 15) is 13.2 Å². The number of hydrogen-bond acceptors (Lipinski definition) is 4. The van der Waals surface area contributed by atoms with Crippen LogP contribution in [-0.2, 0) is 20.4 Å².